The summed E-state index contributed by atoms with van der Waals surface area (Å²) in [6.07, 6.45) is -0.119. The average molecular weight is 322 g/mol. The van der Waals surface area contributed by atoms with Gasteiger partial charge >= 0.3 is 0 Å². The van der Waals surface area contributed by atoms with Crippen LogP contribution in [0.15, 0.2) is 36.4 Å². The molecule has 1 aliphatic rings. The number of carbonyl (C=O) groups is 1. The van der Waals surface area contributed by atoms with Gasteiger partial charge in [-0.3, -0.25) is 4.79 Å². The van der Waals surface area contributed by atoms with Gasteiger partial charge in [0, 0.05) is 27.7 Å². The van der Waals surface area contributed by atoms with E-state index in [1.807, 2.05) is 12.1 Å². The molecule has 108 valence electrons. The number of amides is 1. The molecule has 1 amide bonds. The lowest BCUT2D eigenvalue weighted by atomic mass is 9.94. The van der Waals surface area contributed by atoms with Crippen molar-refractivity contribution < 1.29 is 9.90 Å². The topological polar surface area (TPSA) is 49.3 Å². The number of hydrogen-bond acceptors (Lipinski definition) is 2. The van der Waals surface area contributed by atoms with Gasteiger partial charge in [0.1, 0.15) is 6.10 Å². The Hall–Kier alpha value is -1.55. The first-order chi connectivity index (χ1) is 10.1. The molecule has 0 bridgehead atoms. The Labute approximate surface area is 132 Å². The number of fused-ring (bicyclic) bond motifs is 1. The Morgan fingerprint density at radius 2 is 1.95 bits per heavy atom. The third-order valence-corrected chi connectivity index (χ3v) is 4.21. The average Bonchev–Trinajstić information content (AvgIpc) is 2.49. The summed E-state index contributed by atoms with van der Waals surface area (Å²) in [4.78, 5) is 11.9. The van der Waals surface area contributed by atoms with Crippen molar-refractivity contribution in [1.29, 1.82) is 0 Å². The highest BCUT2D eigenvalue weighted by molar-refractivity contribution is 6.33. The predicted octanol–water partition coefficient (Wildman–Crippen LogP) is 3.36. The van der Waals surface area contributed by atoms with Crippen LogP contribution >= 0.6 is 23.2 Å². The summed E-state index contributed by atoms with van der Waals surface area (Å²) in [5, 5.41) is 14.2. The summed E-state index contributed by atoms with van der Waals surface area (Å²) in [5.41, 5.74) is 2.75. The van der Waals surface area contributed by atoms with Crippen molar-refractivity contribution in [1.82, 2.24) is 5.32 Å². The van der Waals surface area contributed by atoms with Gasteiger partial charge in [0.2, 0.25) is 0 Å². The second-order valence-electron chi connectivity index (χ2n) is 4.99. The van der Waals surface area contributed by atoms with Crippen LogP contribution in [0.2, 0.25) is 10.0 Å². The number of benzene rings is 2. The van der Waals surface area contributed by atoms with Crippen molar-refractivity contribution in [3.8, 4) is 0 Å². The zero-order chi connectivity index (χ0) is 15.0. The third kappa shape index (κ3) is 2.77. The van der Waals surface area contributed by atoms with Gasteiger partial charge < -0.3 is 10.4 Å². The van der Waals surface area contributed by atoms with Gasteiger partial charge in [-0.25, -0.2) is 0 Å². The number of aliphatic hydroxyl groups excluding tert-OH is 1. The second-order valence-corrected chi connectivity index (χ2v) is 5.83. The molecule has 3 rings (SSSR count). The first kappa shape index (κ1) is 14.4. The van der Waals surface area contributed by atoms with Gasteiger partial charge in [-0.2, -0.15) is 0 Å². The molecular formula is C16H13Cl2NO2. The van der Waals surface area contributed by atoms with Crippen molar-refractivity contribution >= 4 is 29.1 Å². The highest BCUT2D eigenvalue weighted by Gasteiger charge is 2.20. The van der Waals surface area contributed by atoms with Crippen LogP contribution < -0.4 is 5.32 Å². The Bertz CT molecular complexity index is 715. The van der Waals surface area contributed by atoms with Gasteiger partial charge in [-0.15, -0.1) is 0 Å². The zero-order valence-electron chi connectivity index (χ0n) is 11.1. The van der Waals surface area contributed by atoms with E-state index in [9.17, 15) is 9.90 Å². The summed E-state index contributed by atoms with van der Waals surface area (Å²) in [7, 11) is 0. The van der Waals surface area contributed by atoms with Gasteiger partial charge in [0.05, 0.1) is 0 Å². The number of nitrogens with one attached hydrogen (secondary N) is 1. The second kappa shape index (κ2) is 5.68. The lowest BCUT2D eigenvalue weighted by Crippen LogP contribution is -2.31. The molecule has 0 radical (unpaired) electrons. The Morgan fingerprint density at radius 1 is 1.14 bits per heavy atom. The van der Waals surface area contributed by atoms with Crippen LogP contribution in [-0.4, -0.2) is 17.6 Å². The van der Waals surface area contributed by atoms with Gasteiger partial charge in [0.15, 0.2) is 0 Å². The summed E-state index contributed by atoms with van der Waals surface area (Å²) < 4.78 is 0. The molecule has 0 aromatic heterocycles. The molecule has 5 heteroatoms. The van der Waals surface area contributed by atoms with Gasteiger partial charge in [0.25, 0.3) is 5.91 Å². The Kier molecular flexibility index (Phi) is 3.89. The fourth-order valence-corrected chi connectivity index (χ4v) is 2.90. The van der Waals surface area contributed by atoms with Crippen LogP contribution in [0.1, 0.15) is 33.2 Å². The maximum atomic E-state index is 11.9. The van der Waals surface area contributed by atoms with Crippen molar-refractivity contribution in [2.75, 3.05) is 6.54 Å². The highest BCUT2D eigenvalue weighted by Crippen LogP contribution is 2.31. The first-order valence-electron chi connectivity index (χ1n) is 6.60. The van der Waals surface area contributed by atoms with E-state index in [4.69, 9.17) is 23.2 Å². The summed E-state index contributed by atoms with van der Waals surface area (Å²) in [6, 6.07) is 10.4. The Morgan fingerprint density at radius 3 is 2.76 bits per heavy atom. The minimum absolute atomic E-state index is 0.109. The molecule has 2 aromatic rings. The molecule has 0 fully saturated rings. The lowest BCUT2D eigenvalue weighted by Gasteiger charge is -2.19. The largest absolute Gasteiger partial charge is 0.384 e. The number of rotatable bonds is 2. The minimum Gasteiger partial charge on any atom is -0.384 e. The molecule has 0 saturated heterocycles. The van der Waals surface area contributed by atoms with Gasteiger partial charge in [-0.05, 0) is 41.8 Å². The predicted molar refractivity (Wildman–Crippen MR) is 83.0 cm³/mol. The van der Waals surface area contributed by atoms with E-state index < -0.39 is 6.10 Å². The third-order valence-electron chi connectivity index (χ3n) is 3.63. The normalized spacial score (nSPS) is 15.3. The van der Waals surface area contributed by atoms with E-state index in [0.717, 1.165) is 12.0 Å². The van der Waals surface area contributed by atoms with Crippen molar-refractivity contribution in [3.05, 3.63) is 68.7 Å². The molecule has 1 unspecified atom stereocenters. The molecule has 2 N–H and O–H groups in total. The fourth-order valence-electron chi connectivity index (χ4n) is 2.50. The van der Waals surface area contributed by atoms with Crippen molar-refractivity contribution in [3.63, 3.8) is 0 Å². The molecule has 1 heterocycles. The molecule has 2 aromatic carbocycles. The number of carbonyl (C=O) groups excluding carboxylic acids is 1. The molecule has 1 atom stereocenters. The van der Waals surface area contributed by atoms with Crippen LogP contribution in [0, 0.1) is 0 Å². The monoisotopic (exact) mass is 321 g/mol. The van der Waals surface area contributed by atoms with E-state index in [1.165, 1.54) is 0 Å². The van der Waals surface area contributed by atoms with E-state index in [0.29, 0.717) is 33.3 Å². The summed E-state index contributed by atoms with van der Waals surface area (Å²) in [6.45, 7) is 0.647. The maximum absolute atomic E-state index is 11.9. The SMILES string of the molecule is O=C1NCCc2ccc(C(O)c3cc(Cl)ccc3Cl)cc21. The van der Waals surface area contributed by atoms with Crippen LogP contribution in [0.5, 0.6) is 0 Å². The zero-order valence-corrected chi connectivity index (χ0v) is 12.6. The molecule has 1 aliphatic heterocycles. The van der Waals surface area contributed by atoms with E-state index >= 15 is 0 Å². The molecule has 3 nitrogen and oxygen atoms in total. The van der Waals surface area contributed by atoms with E-state index in [1.54, 1.807) is 24.3 Å². The molecule has 21 heavy (non-hydrogen) atoms. The van der Waals surface area contributed by atoms with Crippen LogP contribution in [-0.2, 0) is 6.42 Å². The smallest absolute Gasteiger partial charge is 0.251 e. The number of aliphatic hydroxyl groups is 1. The lowest BCUT2D eigenvalue weighted by molar-refractivity contribution is 0.0945. The quantitative estimate of drug-likeness (QED) is 0.891. The molecule has 0 spiro atoms. The van der Waals surface area contributed by atoms with Crippen LogP contribution in [0.3, 0.4) is 0 Å². The molecular weight excluding hydrogens is 309 g/mol. The molecule has 0 aliphatic carbocycles. The minimum atomic E-state index is -0.920. The van der Waals surface area contributed by atoms with Crippen LogP contribution in [0.4, 0.5) is 0 Å². The molecule has 0 saturated carbocycles. The Balaban J connectivity index is 2.02. The standard InChI is InChI=1S/C16H13Cl2NO2/c17-11-3-4-14(18)13(8-11)15(20)10-2-1-9-5-6-19-16(21)12(9)7-10/h1-4,7-8,15,20H,5-6H2,(H,19,21). The van der Waals surface area contributed by atoms with Crippen molar-refractivity contribution in [2.24, 2.45) is 0 Å². The van der Waals surface area contributed by atoms with E-state index in [2.05, 4.69) is 5.32 Å². The van der Waals surface area contributed by atoms with Crippen LogP contribution in [0.25, 0.3) is 0 Å². The highest BCUT2D eigenvalue weighted by atomic mass is 35.5. The summed E-state index contributed by atoms with van der Waals surface area (Å²) in [5.74, 6) is -0.109. The fraction of sp³-hybridized carbons (Fsp3) is 0.188. The summed E-state index contributed by atoms with van der Waals surface area (Å²) >= 11 is 12.1. The first-order valence-corrected chi connectivity index (χ1v) is 7.36. The number of hydrogen-bond donors (Lipinski definition) is 2. The van der Waals surface area contributed by atoms with Gasteiger partial charge in [-0.1, -0.05) is 35.3 Å². The number of halogens is 2. The van der Waals surface area contributed by atoms with Crippen molar-refractivity contribution in [2.45, 2.75) is 12.5 Å². The maximum Gasteiger partial charge on any atom is 0.251 e. The van der Waals surface area contributed by atoms with E-state index in [-0.39, 0.29) is 5.91 Å².